The first-order chi connectivity index (χ1) is 14.9. The van der Waals surface area contributed by atoms with Gasteiger partial charge in [0.25, 0.3) is 5.91 Å². The molecule has 164 valence electrons. The standard InChI is InChI=1S/C20H20Cl2N4O5/c1-30-9-8-23-19(28)20(29)26-24-11-13-4-2-3-5-17(13)31-12-18(27)25-16-7-6-14(21)10-15(16)22/h2-7,10-11H,8-9,12H2,1H3,(H,23,28)(H,25,27)(H,26,29)/b24-11-. The summed E-state index contributed by atoms with van der Waals surface area (Å²) in [5.41, 5.74) is 3.00. The molecule has 0 saturated heterocycles. The van der Waals surface area contributed by atoms with Crippen molar-refractivity contribution in [2.45, 2.75) is 0 Å². The van der Waals surface area contributed by atoms with E-state index in [1.165, 1.54) is 19.4 Å². The zero-order chi connectivity index (χ0) is 22.6. The maximum atomic E-state index is 12.1. The van der Waals surface area contributed by atoms with Gasteiger partial charge in [-0.2, -0.15) is 5.10 Å². The summed E-state index contributed by atoms with van der Waals surface area (Å²) in [6.45, 7) is 0.190. The van der Waals surface area contributed by atoms with E-state index in [4.69, 9.17) is 32.7 Å². The Bertz CT molecular complexity index is 968. The highest BCUT2D eigenvalue weighted by Gasteiger charge is 2.12. The average Bonchev–Trinajstić information content (AvgIpc) is 2.75. The number of benzene rings is 2. The first-order valence-corrected chi connectivity index (χ1v) is 9.73. The molecule has 0 bridgehead atoms. The molecular formula is C20H20Cl2N4O5. The molecule has 11 heteroatoms. The summed E-state index contributed by atoms with van der Waals surface area (Å²) in [6.07, 6.45) is 1.30. The average molecular weight is 467 g/mol. The molecule has 0 radical (unpaired) electrons. The Hall–Kier alpha value is -3.14. The molecule has 0 aliphatic carbocycles. The van der Waals surface area contributed by atoms with Crippen LogP contribution in [-0.2, 0) is 19.1 Å². The van der Waals surface area contributed by atoms with Crippen LogP contribution in [0.25, 0.3) is 0 Å². The minimum atomic E-state index is -0.926. The molecule has 2 aromatic carbocycles. The van der Waals surface area contributed by atoms with Gasteiger partial charge in [0, 0.05) is 24.2 Å². The predicted octanol–water partition coefficient (Wildman–Crippen LogP) is 2.22. The minimum Gasteiger partial charge on any atom is -0.483 e. The number of hydrogen-bond donors (Lipinski definition) is 3. The van der Waals surface area contributed by atoms with Gasteiger partial charge >= 0.3 is 11.8 Å². The number of para-hydroxylation sites is 1. The van der Waals surface area contributed by atoms with Gasteiger partial charge in [-0.05, 0) is 30.3 Å². The lowest BCUT2D eigenvalue weighted by molar-refractivity contribution is -0.139. The van der Waals surface area contributed by atoms with E-state index in [9.17, 15) is 14.4 Å². The molecule has 0 fully saturated rings. The molecule has 0 spiro atoms. The summed E-state index contributed by atoms with van der Waals surface area (Å²) < 4.78 is 10.3. The van der Waals surface area contributed by atoms with Crippen molar-refractivity contribution in [2.24, 2.45) is 5.10 Å². The Morgan fingerprint density at radius 2 is 1.87 bits per heavy atom. The maximum Gasteiger partial charge on any atom is 0.329 e. The number of anilines is 1. The van der Waals surface area contributed by atoms with E-state index >= 15 is 0 Å². The first kappa shape index (κ1) is 24.1. The van der Waals surface area contributed by atoms with Crippen LogP contribution in [0.3, 0.4) is 0 Å². The van der Waals surface area contributed by atoms with Crippen LogP contribution in [0.4, 0.5) is 5.69 Å². The van der Waals surface area contributed by atoms with Crippen molar-refractivity contribution >= 4 is 52.8 Å². The summed E-state index contributed by atoms with van der Waals surface area (Å²) in [7, 11) is 1.48. The second-order valence-corrected chi connectivity index (χ2v) is 6.79. The predicted molar refractivity (Wildman–Crippen MR) is 118 cm³/mol. The van der Waals surface area contributed by atoms with Gasteiger partial charge in [-0.15, -0.1) is 0 Å². The molecule has 0 aliphatic rings. The van der Waals surface area contributed by atoms with Crippen molar-refractivity contribution in [1.82, 2.24) is 10.7 Å². The Labute approximate surface area is 188 Å². The summed E-state index contributed by atoms with van der Waals surface area (Å²) in [5, 5.41) is 9.48. The molecule has 0 saturated carbocycles. The second kappa shape index (κ2) is 12.5. The summed E-state index contributed by atoms with van der Waals surface area (Å²) in [4.78, 5) is 35.4. The van der Waals surface area contributed by atoms with E-state index in [2.05, 4.69) is 21.2 Å². The number of carbonyl (C=O) groups excluding carboxylic acids is 3. The number of amides is 3. The highest BCUT2D eigenvalue weighted by molar-refractivity contribution is 6.36. The van der Waals surface area contributed by atoms with Gasteiger partial charge in [-0.1, -0.05) is 35.3 Å². The van der Waals surface area contributed by atoms with E-state index in [0.29, 0.717) is 27.0 Å². The zero-order valence-electron chi connectivity index (χ0n) is 16.5. The van der Waals surface area contributed by atoms with Crippen molar-refractivity contribution in [2.75, 3.05) is 32.2 Å². The van der Waals surface area contributed by atoms with Crippen LogP contribution >= 0.6 is 23.2 Å². The molecule has 0 aliphatic heterocycles. The number of rotatable bonds is 9. The van der Waals surface area contributed by atoms with E-state index in [-0.39, 0.29) is 19.8 Å². The molecule has 0 atom stereocenters. The number of hydrazone groups is 1. The van der Waals surface area contributed by atoms with Gasteiger partial charge in [0.1, 0.15) is 5.75 Å². The summed E-state index contributed by atoms with van der Waals surface area (Å²) in [6, 6.07) is 11.4. The van der Waals surface area contributed by atoms with Crippen LogP contribution in [0, 0.1) is 0 Å². The van der Waals surface area contributed by atoms with Crippen LogP contribution < -0.4 is 20.8 Å². The fourth-order valence-electron chi connectivity index (χ4n) is 2.20. The maximum absolute atomic E-state index is 12.1. The molecule has 3 amide bonds. The van der Waals surface area contributed by atoms with Crippen LogP contribution in [-0.4, -0.2) is 50.8 Å². The quantitative estimate of drug-likeness (QED) is 0.226. The van der Waals surface area contributed by atoms with Crippen LogP contribution in [0.5, 0.6) is 5.75 Å². The summed E-state index contributed by atoms with van der Waals surface area (Å²) in [5.74, 6) is -1.85. The van der Waals surface area contributed by atoms with E-state index in [0.717, 1.165) is 0 Å². The molecule has 2 aromatic rings. The number of nitrogens with zero attached hydrogens (tertiary/aromatic N) is 1. The normalized spacial score (nSPS) is 10.5. The molecular weight excluding hydrogens is 447 g/mol. The summed E-state index contributed by atoms with van der Waals surface area (Å²) >= 11 is 11.9. The zero-order valence-corrected chi connectivity index (χ0v) is 18.0. The third-order valence-corrected chi connectivity index (χ3v) is 4.20. The van der Waals surface area contributed by atoms with Gasteiger partial charge in [-0.25, -0.2) is 5.43 Å². The number of carbonyl (C=O) groups is 3. The number of methoxy groups -OCH3 is 1. The molecule has 2 rings (SSSR count). The monoisotopic (exact) mass is 466 g/mol. The highest BCUT2D eigenvalue weighted by Crippen LogP contribution is 2.25. The van der Waals surface area contributed by atoms with Crippen LogP contribution in [0.15, 0.2) is 47.6 Å². The van der Waals surface area contributed by atoms with Crippen molar-refractivity contribution in [3.8, 4) is 5.75 Å². The first-order valence-electron chi connectivity index (χ1n) is 8.97. The molecule has 31 heavy (non-hydrogen) atoms. The van der Waals surface area contributed by atoms with Gasteiger partial charge in [0.2, 0.25) is 0 Å². The lowest BCUT2D eigenvalue weighted by Crippen LogP contribution is -2.39. The van der Waals surface area contributed by atoms with Gasteiger partial charge in [-0.3, -0.25) is 14.4 Å². The fraction of sp³-hybridized carbons (Fsp3) is 0.200. The Morgan fingerprint density at radius 3 is 2.61 bits per heavy atom. The van der Waals surface area contributed by atoms with Gasteiger partial charge < -0.3 is 20.1 Å². The van der Waals surface area contributed by atoms with Crippen LogP contribution in [0.1, 0.15) is 5.56 Å². The lowest BCUT2D eigenvalue weighted by Gasteiger charge is -2.10. The van der Waals surface area contributed by atoms with E-state index in [1.54, 1.807) is 36.4 Å². The van der Waals surface area contributed by atoms with Crippen molar-refractivity contribution in [3.63, 3.8) is 0 Å². The Balaban J connectivity index is 1.89. The molecule has 9 nitrogen and oxygen atoms in total. The SMILES string of the molecule is COCCNC(=O)C(=O)N/N=C\c1ccccc1OCC(=O)Nc1ccc(Cl)cc1Cl. The smallest absolute Gasteiger partial charge is 0.329 e. The Morgan fingerprint density at radius 1 is 1.10 bits per heavy atom. The van der Waals surface area contributed by atoms with E-state index in [1.807, 2.05) is 0 Å². The number of hydrogen-bond acceptors (Lipinski definition) is 6. The second-order valence-electron chi connectivity index (χ2n) is 5.95. The molecule has 0 aromatic heterocycles. The van der Waals surface area contributed by atoms with Crippen LogP contribution in [0.2, 0.25) is 10.0 Å². The minimum absolute atomic E-state index is 0.201. The fourth-order valence-corrected chi connectivity index (χ4v) is 2.65. The number of nitrogens with one attached hydrogen (secondary N) is 3. The molecule has 0 unspecified atom stereocenters. The van der Waals surface area contributed by atoms with Crippen molar-refractivity contribution < 1.29 is 23.9 Å². The third-order valence-electron chi connectivity index (χ3n) is 3.65. The number of halogens is 2. The highest BCUT2D eigenvalue weighted by atomic mass is 35.5. The van der Waals surface area contributed by atoms with E-state index < -0.39 is 17.7 Å². The number of ether oxygens (including phenoxy) is 2. The molecule has 0 heterocycles. The topological polar surface area (TPSA) is 118 Å². The van der Waals surface area contributed by atoms with Gasteiger partial charge in [0.15, 0.2) is 6.61 Å². The van der Waals surface area contributed by atoms with Crippen molar-refractivity contribution in [3.05, 3.63) is 58.1 Å². The lowest BCUT2D eigenvalue weighted by atomic mass is 10.2. The molecule has 3 N–H and O–H groups in total. The Kier molecular flexibility index (Phi) is 9.76. The van der Waals surface area contributed by atoms with Crippen molar-refractivity contribution in [1.29, 1.82) is 0 Å². The van der Waals surface area contributed by atoms with Gasteiger partial charge in [0.05, 0.1) is 23.5 Å². The largest absolute Gasteiger partial charge is 0.483 e. The third kappa shape index (κ3) is 8.25.